The van der Waals surface area contributed by atoms with Crippen LogP contribution >= 0.6 is 23.2 Å². The molecule has 1 aromatic heterocycles. The van der Waals surface area contributed by atoms with Gasteiger partial charge in [-0.05, 0) is 30.7 Å². The van der Waals surface area contributed by atoms with Crippen molar-refractivity contribution in [3.05, 3.63) is 51.8 Å². The molecule has 0 saturated carbocycles. The highest BCUT2D eigenvalue weighted by Gasteiger charge is 2.11. The number of carbonyl (C=O) groups excluding carboxylic acids is 1. The molecule has 1 amide bonds. The van der Waals surface area contributed by atoms with E-state index in [9.17, 15) is 4.79 Å². The van der Waals surface area contributed by atoms with E-state index < -0.39 is 0 Å². The van der Waals surface area contributed by atoms with E-state index in [-0.39, 0.29) is 11.1 Å². The average Bonchev–Trinajstić information content (AvgIpc) is 2.48. The van der Waals surface area contributed by atoms with Crippen molar-refractivity contribution in [2.75, 3.05) is 12.4 Å². The van der Waals surface area contributed by atoms with Crippen molar-refractivity contribution in [1.29, 1.82) is 0 Å². The van der Waals surface area contributed by atoms with E-state index in [4.69, 9.17) is 27.9 Å². The van der Waals surface area contributed by atoms with Crippen LogP contribution in [0.4, 0.5) is 5.69 Å². The minimum absolute atomic E-state index is 0.288. The van der Waals surface area contributed by atoms with E-state index in [1.54, 1.807) is 31.4 Å². The normalized spacial score (nSPS) is 10.3. The number of pyridine rings is 1. The molecule has 21 heavy (non-hydrogen) atoms. The highest BCUT2D eigenvalue weighted by Crippen LogP contribution is 2.27. The molecular weight excluding hydrogens is 311 g/mol. The second-order valence-corrected chi connectivity index (χ2v) is 5.12. The number of ether oxygens (including phenoxy) is 1. The van der Waals surface area contributed by atoms with Crippen molar-refractivity contribution in [3.63, 3.8) is 0 Å². The van der Waals surface area contributed by atoms with Gasteiger partial charge >= 0.3 is 0 Å². The lowest BCUT2D eigenvalue weighted by atomic mass is 10.2. The molecular formula is C15H14Cl2N2O2. The van der Waals surface area contributed by atoms with Gasteiger partial charge in [0.1, 0.15) is 10.9 Å². The van der Waals surface area contributed by atoms with Crippen LogP contribution in [-0.2, 0) is 6.42 Å². The minimum Gasteiger partial charge on any atom is -0.497 e. The molecule has 0 unspecified atom stereocenters. The zero-order valence-electron chi connectivity index (χ0n) is 11.6. The topological polar surface area (TPSA) is 51.2 Å². The first-order chi connectivity index (χ1) is 10.0. The summed E-state index contributed by atoms with van der Waals surface area (Å²) in [6.07, 6.45) is 0.695. The van der Waals surface area contributed by atoms with Gasteiger partial charge in [-0.25, -0.2) is 4.98 Å². The fourth-order valence-corrected chi connectivity index (χ4v) is 2.18. The Morgan fingerprint density at radius 1 is 1.29 bits per heavy atom. The SMILES string of the molecule is CCc1cc(C(=O)Nc2cc(OC)ccc2Cl)cc(Cl)n1. The van der Waals surface area contributed by atoms with E-state index in [0.29, 0.717) is 28.4 Å². The van der Waals surface area contributed by atoms with Crippen molar-refractivity contribution in [3.8, 4) is 5.75 Å². The van der Waals surface area contributed by atoms with Crippen LogP contribution in [0.25, 0.3) is 0 Å². The van der Waals surface area contributed by atoms with Crippen molar-refractivity contribution in [2.24, 2.45) is 0 Å². The smallest absolute Gasteiger partial charge is 0.255 e. The molecule has 0 saturated heterocycles. The molecule has 0 aliphatic heterocycles. The van der Waals surface area contributed by atoms with E-state index in [1.165, 1.54) is 6.07 Å². The molecule has 0 atom stereocenters. The molecule has 0 bridgehead atoms. The molecule has 110 valence electrons. The van der Waals surface area contributed by atoms with Crippen LogP contribution in [0.15, 0.2) is 30.3 Å². The molecule has 0 aliphatic rings. The monoisotopic (exact) mass is 324 g/mol. The van der Waals surface area contributed by atoms with Crippen LogP contribution in [0.5, 0.6) is 5.75 Å². The first-order valence-corrected chi connectivity index (χ1v) is 7.10. The van der Waals surface area contributed by atoms with Gasteiger partial charge < -0.3 is 10.1 Å². The molecule has 0 aliphatic carbocycles. The van der Waals surface area contributed by atoms with Gasteiger partial charge in [0, 0.05) is 17.3 Å². The van der Waals surface area contributed by atoms with Crippen LogP contribution in [0.2, 0.25) is 10.2 Å². The highest BCUT2D eigenvalue weighted by molar-refractivity contribution is 6.34. The lowest BCUT2D eigenvalue weighted by Gasteiger charge is -2.10. The maximum atomic E-state index is 12.3. The summed E-state index contributed by atoms with van der Waals surface area (Å²) in [5, 5.41) is 3.46. The summed E-state index contributed by atoms with van der Waals surface area (Å²) in [5.41, 5.74) is 1.67. The molecule has 4 nitrogen and oxygen atoms in total. The number of carbonyl (C=O) groups is 1. The third-order valence-corrected chi connectivity index (χ3v) is 3.42. The maximum Gasteiger partial charge on any atom is 0.255 e. The molecule has 1 heterocycles. The number of hydrogen-bond donors (Lipinski definition) is 1. The molecule has 1 aromatic carbocycles. The van der Waals surface area contributed by atoms with E-state index in [0.717, 1.165) is 5.69 Å². The number of aromatic nitrogens is 1. The first-order valence-electron chi connectivity index (χ1n) is 6.35. The first kappa shape index (κ1) is 15.6. The van der Waals surface area contributed by atoms with Crippen LogP contribution in [0.1, 0.15) is 23.0 Å². The summed E-state index contributed by atoms with van der Waals surface area (Å²) in [4.78, 5) is 16.4. The number of anilines is 1. The number of nitrogens with one attached hydrogen (secondary N) is 1. The molecule has 0 spiro atoms. The predicted octanol–water partition coefficient (Wildman–Crippen LogP) is 4.21. The number of rotatable bonds is 4. The Morgan fingerprint density at radius 2 is 2.05 bits per heavy atom. The Bertz CT molecular complexity index is 675. The lowest BCUT2D eigenvalue weighted by molar-refractivity contribution is 0.102. The van der Waals surface area contributed by atoms with Gasteiger partial charge in [0.25, 0.3) is 5.91 Å². The van der Waals surface area contributed by atoms with E-state index in [1.807, 2.05) is 6.92 Å². The van der Waals surface area contributed by atoms with Crippen molar-refractivity contribution in [1.82, 2.24) is 4.98 Å². The average molecular weight is 325 g/mol. The van der Waals surface area contributed by atoms with Gasteiger partial charge in [-0.2, -0.15) is 0 Å². The number of hydrogen-bond acceptors (Lipinski definition) is 3. The summed E-state index contributed by atoms with van der Waals surface area (Å²) in [5.74, 6) is 0.306. The van der Waals surface area contributed by atoms with Crippen LogP contribution < -0.4 is 10.1 Å². The zero-order valence-corrected chi connectivity index (χ0v) is 13.1. The van der Waals surface area contributed by atoms with Crippen molar-refractivity contribution < 1.29 is 9.53 Å². The molecule has 1 N–H and O–H groups in total. The fourth-order valence-electron chi connectivity index (χ4n) is 1.79. The van der Waals surface area contributed by atoms with E-state index in [2.05, 4.69) is 10.3 Å². The summed E-state index contributed by atoms with van der Waals surface area (Å²) in [7, 11) is 1.55. The summed E-state index contributed by atoms with van der Waals surface area (Å²) >= 11 is 12.0. The molecule has 2 aromatic rings. The Hall–Kier alpha value is -1.78. The Labute approximate surface area is 133 Å². The van der Waals surface area contributed by atoms with Crippen LogP contribution in [0.3, 0.4) is 0 Å². The van der Waals surface area contributed by atoms with Crippen LogP contribution in [-0.4, -0.2) is 18.0 Å². The standard InChI is InChI=1S/C15H14Cl2N2O2/c1-3-10-6-9(7-14(17)18-10)15(20)19-13-8-11(21-2)4-5-12(13)16/h4-8H,3H2,1-2H3,(H,19,20). The van der Waals surface area contributed by atoms with Crippen molar-refractivity contribution >= 4 is 34.8 Å². The van der Waals surface area contributed by atoms with Gasteiger partial charge in [-0.15, -0.1) is 0 Å². The van der Waals surface area contributed by atoms with Gasteiger partial charge in [0.15, 0.2) is 0 Å². The number of methoxy groups -OCH3 is 1. The number of benzene rings is 1. The molecule has 0 fully saturated rings. The van der Waals surface area contributed by atoms with Gasteiger partial charge in [0.2, 0.25) is 0 Å². The van der Waals surface area contributed by atoms with Gasteiger partial charge in [-0.3, -0.25) is 4.79 Å². The van der Waals surface area contributed by atoms with Gasteiger partial charge in [-0.1, -0.05) is 30.1 Å². The molecule has 6 heteroatoms. The Kier molecular flexibility index (Phi) is 5.04. The summed E-state index contributed by atoms with van der Waals surface area (Å²) in [6.45, 7) is 1.94. The maximum absolute atomic E-state index is 12.3. The number of aryl methyl sites for hydroxylation is 1. The summed E-state index contributed by atoms with van der Waals surface area (Å²) in [6, 6.07) is 8.26. The zero-order chi connectivity index (χ0) is 15.4. The highest BCUT2D eigenvalue weighted by atomic mass is 35.5. The van der Waals surface area contributed by atoms with E-state index >= 15 is 0 Å². The number of nitrogens with zero attached hydrogens (tertiary/aromatic N) is 1. The Balaban J connectivity index is 2.27. The Morgan fingerprint density at radius 3 is 2.71 bits per heavy atom. The summed E-state index contributed by atoms with van der Waals surface area (Å²) < 4.78 is 5.11. The molecule has 0 radical (unpaired) electrons. The second-order valence-electron chi connectivity index (χ2n) is 4.32. The quantitative estimate of drug-likeness (QED) is 0.857. The lowest BCUT2D eigenvalue weighted by Crippen LogP contribution is -2.13. The largest absolute Gasteiger partial charge is 0.497 e. The number of halogens is 2. The minimum atomic E-state index is -0.302. The predicted molar refractivity (Wildman–Crippen MR) is 84.6 cm³/mol. The second kappa shape index (κ2) is 6.78. The number of amides is 1. The third-order valence-electron chi connectivity index (χ3n) is 2.89. The molecule has 2 rings (SSSR count). The fraction of sp³-hybridized carbons (Fsp3) is 0.200. The van der Waals surface area contributed by atoms with Crippen molar-refractivity contribution in [2.45, 2.75) is 13.3 Å². The van der Waals surface area contributed by atoms with Gasteiger partial charge in [0.05, 0.1) is 17.8 Å². The van der Waals surface area contributed by atoms with Crippen LogP contribution in [0, 0.1) is 0 Å². The third kappa shape index (κ3) is 3.86.